The quantitative estimate of drug-likeness (QED) is 0.294. The Kier molecular flexibility index (Phi) is 8.40. The van der Waals surface area contributed by atoms with E-state index in [4.69, 9.17) is 16.0 Å². The summed E-state index contributed by atoms with van der Waals surface area (Å²) in [6, 6.07) is 11.8. The monoisotopic (exact) mass is 502 g/mol. The lowest BCUT2D eigenvalue weighted by Crippen LogP contribution is -2.37. The molecule has 3 rings (SSSR count). The maximum Gasteiger partial charge on any atom is 0.236 e. The lowest BCUT2D eigenvalue weighted by Gasteiger charge is -2.10. The predicted octanol–water partition coefficient (Wildman–Crippen LogP) is 4.58. The number of guanidine groups is 1. The number of hydrogen-bond donors (Lipinski definition) is 2. The first-order valence-electron chi connectivity index (χ1n) is 7.92. The molecule has 0 aliphatic heterocycles. The summed E-state index contributed by atoms with van der Waals surface area (Å²) in [5.41, 5.74) is 2.06. The van der Waals surface area contributed by atoms with Gasteiger partial charge in [-0.05, 0) is 35.6 Å². The van der Waals surface area contributed by atoms with Crippen LogP contribution in [0, 0.1) is 0 Å². The molecule has 0 fully saturated rings. The topological polar surface area (TPSA) is 62.5 Å². The van der Waals surface area contributed by atoms with Gasteiger partial charge in [-0.25, -0.2) is 4.98 Å². The molecule has 0 unspecified atom stereocenters. The van der Waals surface area contributed by atoms with Crippen LogP contribution in [-0.2, 0) is 13.0 Å². The van der Waals surface area contributed by atoms with Crippen LogP contribution in [0.4, 0.5) is 0 Å². The zero-order valence-electron chi connectivity index (χ0n) is 14.2. The van der Waals surface area contributed by atoms with Crippen LogP contribution < -0.4 is 10.6 Å². The minimum atomic E-state index is 0. The second-order valence-electron chi connectivity index (χ2n) is 5.35. The van der Waals surface area contributed by atoms with Crippen LogP contribution in [0.3, 0.4) is 0 Å². The van der Waals surface area contributed by atoms with Crippen molar-refractivity contribution in [3.05, 3.63) is 64.3 Å². The lowest BCUT2D eigenvalue weighted by atomic mass is 10.1. The summed E-state index contributed by atoms with van der Waals surface area (Å²) in [4.78, 5) is 9.73. The van der Waals surface area contributed by atoms with E-state index in [2.05, 4.69) is 20.6 Å². The summed E-state index contributed by atoms with van der Waals surface area (Å²) in [7, 11) is 1.75. The van der Waals surface area contributed by atoms with Gasteiger partial charge in [0.15, 0.2) is 5.96 Å². The fraction of sp³-hybridized carbons (Fsp3) is 0.222. The number of aromatic nitrogens is 1. The molecule has 3 aromatic rings. The van der Waals surface area contributed by atoms with Crippen molar-refractivity contribution in [2.45, 2.75) is 13.0 Å². The fourth-order valence-corrected chi connectivity index (χ4v) is 3.05. The highest BCUT2D eigenvalue weighted by Gasteiger charge is 2.08. The third-order valence-electron chi connectivity index (χ3n) is 3.56. The van der Waals surface area contributed by atoms with Gasteiger partial charge in [0.1, 0.15) is 6.26 Å². The molecule has 2 aromatic heterocycles. The van der Waals surface area contributed by atoms with E-state index in [9.17, 15) is 0 Å². The van der Waals surface area contributed by atoms with Crippen molar-refractivity contribution >= 4 is 52.9 Å². The van der Waals surface area contributed by atoms with E-state index in [1.807, 2.05) is 41.8 Å². The van der Waals surface area contributed by atoms with Gasteiger partial charge in [-0.15, -0.1) is 35.3 Å². The summed E-state index contributed by atoms with van der Waals surface area (Å²) in [5, 5.41) is 9.28. The Morgan fingerprint density at radius 3 is 2.73 bits per heavy atom. The second-order valence-corrected chi connectivity index (χ2v) is 6.73. The number of rotatable bonds is 6. The maximum atomic E-state index is 5.89. The summed E-state index contributed by atoms with van der Waals surface area (Å²) < 4.78 is 5.51. The Morgan fingerprint density at radius 2 is 2.04 bits per heavy atom. The standard InChI is InChI=1S/C18H19ClN4OS.HI/c1-20-18(21-9-8-13-4-6-14(19)7-5-13)22-11-15-12-24-17(23-15)16-3-2-10-25-16;/h2-7,10,12H,8-9,11H2,1H3,(H2,20,21,22);1H. The SMILES string of the molecule is CN=C(NCCc1ccc(Cl)cc1)NCc1coc(-c2cccs2)n1.I. The largest absolute Gasteiger partial charge is 0.443 e. The van der Waals surface area contributed by atoms with Crippen LogP contribution in [0.15, 0.2) is 57.5 Å². The second kappa shape index (κ2) is 10.5. The molecule has 0 spiro atoms. The lowest BCUT2D eigenvalue weighted by molar-refractivity contribution is 0.573. The molecule has 2 N–H and O–H groups in total. The molecule has 0 aliphatic carbocycles. The molecule has 2 heterocycles. The van der Waals surface area contributed by atoms with Crippen LogP contribution in [0.5, 0.6) is 0 Å². The van der Waals surface area contributed by atoms with E-state index in [0.717, 1.165) is 34.5 Å². The van der Waals surface area contributed by atoms with Crippen molar-refractivity contribution in [3.63, 3.8) is 0 Å². The maximum absolute atomic E-state index is 5.89. The van der Waals surface area contributed by atoms with Crippen molar-refractivity contribution in [2.24, 2.45) is 4.99 Å². The minimum Gasteiger partial charge on any atom is -0.443 e. The van der Waals surface area contributed by atoms with Gasteiger partial charge < -0.3 is 15.1 Å². The van der Waals surface area contributed by atoms with Gasteiger partial charge in [-0.3, -0.25) is 4.99 Å². The first kappa shape index (κ1) is 20.7. The number of hydrogen-bond acceptors (Lipinski definition) is 4. The number of halogens is 2. The summed E-state index contributed by atoms with van der Waals surface area (Å²) in [6.45, 7) is 1.33. The highest BCUT2D eigenvalue weighted by atomic mass is 127. The van der Waals surface area contributed by atoms with Gasteiger partial charge >= 0.3 is 0 Å². The van der Waals surface area contributed by atoms with Crippen LogP contribution in [0.2, 0.25) is 5.02 Å². The molecule has 0 saturated carbocycles. The number of oxazole rings is 1. The Bertz CT molecular complexity index is 818. The van der Waals surface area contributed by atoms with Crippen molar-refractivity contribution in [2.75, 3.05) is 13.6 Å². The average molecular weight is 503 g/mol. The molecule has 0 radical (unpaired) electrons. The molecule has 0 amide bonds. The molecule has 138 valence electrons. The molecule has 26 heavy (non-hydrogen) atoms. The molecule has 5 nitrogen and oxygen atoms in total. The van der Waals surface area contributed by atoms with Crippen molar-refractivity contribution in [1.29, 1.82) is 0 Å². The Hall–Kier alpha value is -1.58. The van der Waals surface area contributed by atoms with Crippen LogP contribution in [0.25, 0.3) is 10.8 Å². The summed E-state index contributed by atoms with van der Waals surface area (Å²) in [6.07, 6.45) is 2.56. The molecular formula is C18H20ClIN4OS. The van der Waals surface area contributed by atoms with Crippen LogP contribution >= 0.6 is 46.9 Å². The van der Waals surface area contributed by atoms with Gasteiger partial charge in [0, 0.05) is 18.6 Å². The molecule has 8 heteroatoms. The highest BCUT2D eigenvalue weighted by Crippen LogP contribution is 2.23. The third-order valence-corrected chi connectivity index (χ3v) is 4.67. The predicted molar refractivity (Wildman–Crippen MR) is 119 cm³/mol. The Labute approximate surface area is 178 Å². The number of thiophene rings is 1. The zero-order chi connectivity index (χ0) is 17.5. The highest BCUT2D eigenvalue weighted by molar-refractivity contribution is 14.0. The molecular weight excluding hydrogens is 483 g/mol. The van der Waals surface area contributed by atoms with Gasteiger partial charge in [0.2, 0.25) is 5.89 Å². The van der Waals surface area contributed by atoms with Crippen molar-refractivity contribution in [3.8, 4) is 10.8 Å². The summed E-state index contributed by atoms with van der Waals surface area (Å²) in [5.74, 6) is 1.38. The van der Waals surface area contributed by atoms with E-state index >= 15 is 0 Å². The molecule has 1 aromatic carbocycles. The first-order valence-corrected chi connectivity index (χ1v) is 9.17. The van der Waals surface area contributed by atoms with Gasteiger partial charge in [-0.2, -0.15) is 0 Å². The average Bonchev–Trinajstić information content (AvgIpc) is 3.31. The third kappa shape index (κ3) is 6.00. The van der Waals surface area contributed by atoms with Crippen molar-refractivity contribution in [1.82, 2.24) is 15.6 Å². The Morgan fingerprint density at radius 1 is 1.23 bits per heavy atom. The van der Waals surface area contributed by atoms with E-state index in [-0.39, 0.29) is 24.0 Å². The van der Waals surface area contributed by atoms with E-state index in [1.54, 1.807) is 24.6 Å². The van der Waals surface area contributed by atoms with Crippen molar-refractivity contribution < 1.29 is 4.42 Å². The van der Waals surface area contributed by atoms with Crippen LogP contribution in [-0.4, -0.2) is 24.5 Å². The minimum absolute atomic E-state index is 0. The zero-order valence-corrected chi connectivity index (χ0v) is 18.1. The Balaban J connectivity index is 0.00000243. The number of aliphatic imine (C=N–C) groups is 1. The fourth-order valence-electron chi connectivity index (χ4n) is 2.27. The van der Waals surface area contributed by atoms with E-state index in [1.165, 1.54) is 5.56 Å². The van der Waals surface area contributed by atoms with Gasteiger partial charge in [0.05, 0.1) is 17.1 Å². The molecule has 0 saturated heterocycles. The number of benzene rings is 1. The van der Waals surface area contributed by atoms with Crippen LogP contribution in [0.1, 0.15) is 11.3 Å². The van der Waals surface area contributed by atoms with E-state index in [0.29, 0.717) is 12.4 Å². The number of nitrogens with zero attached hydrogens (tertiary/aromatic N) is 2. The number of nitrogens with one attached hydrogen (secondary N) is 2. The van der Waals surface area contributed by atoms with Gasteiger partial charge in [-0.1, -0.05) is 29.8 Å². The summed E-state index contributed by atoms with van der Waals surface area (Å²) >= 11 is 7.50. The van der Waals surface area contributed by atoms with Gasteiger partial charge in [0.25, 0.3) is 0 Å². The first-order chi connectivity index (χ1) is 12.2. The van der Waals surface area contributed by atoms with E-state index < -0.39 is 0 Å². The smallest absolute Gasteiger partial charge is 0.236 e. The normalized spacial score (nSPS) is 11.1. The molecule has 0 atom stereocenters. The molecule has 0 aliphatic rings. The molecule has 0 bridgehead atoms.